The number of hydrogen-bond donors (Lipinski definition) is 1. The minimum absolute atomic E-state index is 0.202. The van der Waals surface area contributed by atoms with Crippen LogP contribution in [0, 0.1) is 3.57 Å². The Morgan fingerprint density at radius 2 is 1.78 bits per heavy atom. The van der Waals surface area contributed by atoms with Crippen LogP contribution in [0.1, 0.15) is 28.4 Å². The average molecular weight is 636 g/mol. The van der Waals surface area contributed by atoms with Crippen molar-refractivity contribution in [1.82, 2.24) is 0 Å². The lowest BCUT2D eigenvalue weighted by Crippen LogP contribution is -2.27. The highest BCUT2D eigenvalue weighted by molar-refractivity contribution is 14.1. The van der Waals surface area contributed by atoms with Gasteiger partial charge in [0.1, 0.15) is 6.61 Å². The molecule has 1 saturated heterocycles. The van der Waals surface area contributed by atoms with Crippen LogP contribution >= 0.6 is 46.0 Å². The number of nitrogens with zero attached hydrogens (tertiary/aromatic N) is 1. The molecule has 7 nitrogen and oxygen atoms in total. The third-order valence-corrected chi connectivity index (χ3v) is 7.01. The number of amides is 2. The van der Waals surface area contributed by atoms with E-state index < -0.39 is 11.9 Å². The first-order valence-corrected chi connectivity index (χ1v) is 13.0. The van der Waals surface area contributed by atoms with Gasteiger partial charge in [0.15, 0.2) is 11.5 Å². The summed E-state index contributed by atoms with van der Waals surface area (Å²) >= 11 is 8.91. The molecule has 0 unspecified atom stereocenters. The Morgan fingerprint density at radius 1 is 1.08 bits per heavy atom. The van der Waals surface area contributed by atoms with Gasteiger partial charge in [0.25, 0.3) is 11.1 Å². The second-order valence-electron chi connectivity index (χ2n) is 7.55. The lowest BCUT2D eigenvalue weighted by molar-refractivity contribution is -0.113. The van der Waals surface area contributed by atoms with Gasteiger partial charge in [0.05, 0.1) is 26.3 Å². The van der Waals surface area contributed by atoms with Gasteiger partial charge in [-0.15, -0.1) is 0 Å². The van der Waals surface area contributed by atoms with Gasteiger partial charge in [-0.05, 0) is 107 Å². The molecule has 3 aromatic rings. The van der Waals surface area contributed by atoms with Gasteiger partial charge in [-0.1, -0.05) is 23.7 Å². The van der Waals surface area contributed by atoms with Gasteiger partial charge in [-0.2, -0.15) is 0 Å². The number of aromatic carboxylic acids is 1. The SMILES string of the molecule is CCOc1cc(/C=C2/SC(=O)N(c3ccc(Cl)cc3)C2=O)cc(I)c1OCc1ccc(C(=O)O)cc1. The molecule has 0 radical (unpaired) electrons. The molecule has 0 aromatic heterocycles. The maximum atomic E-state index is 13.0. The van der Waals surface area contributed by atoms with E-state index >= 15 is 0 Å². The van der Waals surface area contributed by atoms with Crippen molar-refractivity contribution in [2.75, 3.05) is 11.5 Å². The van der Waals surface area contributed by atoms with E-state index in [-0.39, 0.29) is 17.4 Å². The van der Waals surface area contributed by atoms with E-state index in [0.717, 1.165) is 25.8 Å². The second-order valence-corrected chi connectivity index (χ2v) is 10.1. The number of rotatable bonds is 8. The third kappa shape index (κ3) is 5.85. The molecule has 1 N–H and O–H groups in total. The number of benzene rings is 3. The third-order valence-electron chi connectivity index (χ3n) is 5.09. The Morgan fingerprint density at radius 3 is 2.42 bits per heavy atom. The van der Waals surface area contributed by atoms with E-state index in [1.54, 1.807) is 48.5 Å². The van der Waals surface area contributed by atoms with Crippen LogP contribution < -0.4 is 14.4 Å². The van der Waals surface area contributed by atoms with Crippen molar-refractivity contribution < 1.29 is 29.0 Å². The van der Waals surface area contributed by atoms with Gasteiger partial charge in [0, 0.05) is 5.02 Å². The van der Waals surface area contributed by atoms with E-state index in [4.69, 9.17) is 26.2 Å². The molecule has 1 aliphatic rings. The Kier molecular flexibility index (Phi) is 8.22. The molecule has 3 aromatic carbocycles. The summed E-state index contributed by atoms with van der Waals surface area (Å²) in [6.07, 6.45) is 1.65. The first-order chi connectivity index (χ1) is 17.3. The molecule has 1 aliphatic heterocycles. The van der Waals surface area contributed by atoms with E-state index in [2.05, 4.69) is 22.6 Å². The first-order valence-electron chi connectivity index (χ1n) is 10.7. The number of thioether (sulfide) groups is 1. The molecule has 10 heteroatoms. The topological polar surface area (TPSA) is 93.1 Å². The molecule has 0 aliphatic carbocycles. The molecule has 0 saturated carbocycles. The number of carboxylic acids is 1. The number of anilines is 1. The highest BCUT2D eigenvalue weighted by Crippen LogP contribution is 2.39. The summed E-state index contributed by atoms with van der Waals surface area (Å²) in [5.74, 6) is -0.372. The number of halogens is 2. The van der Waals surface area contributed by atoms with Crippen molar-refractivity contribution in [2.24, 2.45) is 0 Å². The molecule has 0 spiro atoms. The van der Waals surface area contributed by atoms with Crippen LogP contribution in [0.5, 0.6) is 11.5 Å². The summed E-state index contributed by atoms with van der Waals surface area (Å²) in [6.45, 7) is 2.47. The molecule has 1 fully saturated rings. The number of imide groups is 1. The monoisotopic (exact) mass is 635 g/mol. The van der Waals surface area contributed by atoms with Crippen LogP contribution in [-0.2, 0) is 11.4 Å². The largest absolute Gasteiger partial charge is 0.490 e. The van der Waals surface area contributed by atoms with Crippen LogP contribution in [0.25, 0.3) is 6.08 Å². The Hall–Kier alpha value is -3.02. The summed E-state index contributed by atoms with van der Waals surface area (Å²) in [4.78, 5) is 38.0. The molecule has 36 heavy (non-hydrogen) atoms. The first kappa shape index (κ1) is 26.1. The lowest BCUT2D eigenvalue weighted by atomic mass is 10.1. The van der Waals surface area contributed by atoms with Crippen LogP contribution in [-0.4, -0.2) is 28.8 Å². The zero-order valence-electron chi connectivity index (χ0n) is 18.9. The van der Waals surface area contributed by atoms with Gasteiger partial charge < -0.3 is 14.6 Å². The summed E-state index contributed by atoms with van der Waals surface area (Å²) < 4.78 is 12.6. The summed E-state index contributed by atoms with van der Waals surface area (Å²) in [5.41, 5.74) is 2.14. The number of carbonyl (C=O) groups excluding carboxylic acids is 2. The van der Waals surface area contributed by atoms with Crippen molar-refractivity contribution >= 4 is 74.8 Å². The molecular weight excluding hydrogens is 617 g/mol. The Bertz CT molecular complexity index is 1360. The van der Waals surface area contributed by atoms with E-state index in [9.17, 15) is 14.4 Å². The van der Waals surface area contributed by atoms with E-state index in [0.29, 0.717) is 39.3 Å². The van der Waals surface area contributed by atoms with Gasteiger partial charge >= 0.3 is 5.97 Å². The lowest BCUT2D eigenvalue weighted by Gasteiger charge is -2.15. The van der Waals surface area contributed by atoms with Crippen molar-refractivity contribution in [1.29, 1.82) is 0 Å². The van der Waals surface area contributed by atoms with Crippen LogP contribution in [0.15, 0.2) is 65.6 Å². The Labute approximate surface area is 230 Å². The van der Waals surface area contributed by atoms with Crippen molar-refractivity contribution in [2.45, 2.75) is 13.5 Å². The standard InChI is InChI=1S/C26H19ClINO6S/c1-2-34-21-12-16(11-20(28)23(21)35-14-15-3-5-17(6-4-15)25(31)32)13-22-24(30)29(26(33)36-22)19-9-7-18(27)8-10-19/h3-13H,2,14H2,1H3,(H,31,32)/b22-13+. The predicted octanol–water partition coefficient (Wildman–Crippen LogP) is 6.86. The van der Waals surface area contributed by atoms with Gasteiger partial charge in [0.2, 0.25) is 0 Å². The zero-order chi connectivity index (χ0) is 25.8. The van der Waals surface area contributed by atoms with Gasteiger partial charge in [-0.25, -0.2) is 9.69 Å². The molecule has 184 valence electrons. The zero-order valence-corrected chi connectivity index (χ0v) is 22.6. The fraction of sp³-hybridized carbons (Fsp3) is 0.115. The number of carboxylic acid groups (broad SMARTS) is 1. The highest BCUT2D eigenvalue weighted by atomic mass is 127. The van der Waals surface area contributed by atoms with Crippen molar-refractivity contribution in [3.05, 3.63) is 90.9 Å². The van der Waals surface area contributed by atoms with Crippen molar-refractivity contribution in [3.8, 4) is 11.5 Å². The van der Waals surface area contributed by atoms with Crippen LogP contribution in [0.4, 0.5) is 10.5 Å². The minimum Gasteiger partial charge on any atom is -0.490 e. The smallest absolute Gasteiger partial charge is 0.335 e. The minimum atomic E-state index is -0.989. The quantitative estimate of drug-likeness (QED) is 0.214. The maximum Gasteiger partial charge on any atom is 0.335 e. The van der Waals surface area contributed by atoms with E-state index in [1.807, 2.05) is 13.0 Å². The Balaban J connectivity index is 1.57. The van der Waals surface area contributed by atoms with E-state index in [1.165, 1.54) is 12.1 Å². The maximum absolute atomic E-state index is 13.0. The number of ether oxygens (including phenoxy) is 2. The molecule has 4 rings (SSSR count). The second kappa shape index (κ2) is 11.4. The summed E-state index contributed by atoms with van der Waals surface area (Å²) in [5, 5.41) is 9.18. The highest BCUT2D eigenvalue weighted by Gasteiger charge is 2.36. The fourth-order valence-corrected chi connectivity index (χ4v) is 5.15. The van der Waals surface area contributed by atoms with Gasteiger partial charge in [-0.3, -0.25) is 9.59 Å². The average Bonchev–Trinajstić information content (AvgIpc) is 3.12. The fourth-order valence-electron chi connectivity index (χ4n) is 3.41. The summed E-state index contributed by atoms with van der Waals surface area (Å²) in [6, 6.07) is 16.5. The number of carbonyl (C=O) groups is 3. The normalized spacial score (nSPS) is 14.4. The molecule has 1 heterocycles. The molecule has 2 amide bonds. The predicted molar refractivity (Wildman–Crippen MR) is 148 cm³/mol. The number of hydrogen-bond acceptors (Lipinski definition) is 6. The van der Waals surface area contributed by atoms with Crippen LogP contribution in [0.2, 0.25) is 5.02 Å². The van der Waals surface area contributed by atoms with Crippen molar-refractivity contribution in [3.63, 3.8) is 0 Å². The molecule has 0 atom stereocenters. The molecule has 0 bridgehead atoms. The van der Waals surface area contributed by atoms with Crippen LogP contribution in [0.3, 0.4) is 0 Å². The summed E-state index contributed by atoms with van der Waals surface area (Å²) in [7, 11) is 0. The molecular formula is C26H19ClINO6S.